The summed E-state index contributed by atoms with van der Waals surface area (Å²) in [6.45, 7) is 3.14. The zero-order chi connectivity index (χ0) is 15.9. The molecule has 0 amide bonds. The van der Waals surface area contributed by atoms with Crippen molar-refractivity contribution in [1.29, 1.82) is 0 Å². The molecule has 1 fully saturated rings. The molecule has 1 aromatic rings. The van der Waals surface area contributed by atoms with E-state index in [1.165, 1.54) is 11.3 Å². The van der Waals surface area contributed by atoms with Crippen molar-refractivity contribution in [3.63, 3.8) is 0 Å². The standard InChI is InChI=1S/C18H25NO3/c1-12-11-18(7-8-19(2)17(18)10-14(12)20)13-5-6-15(21-3)16(9-13)22-4/h5-6,9-10,12,14,20H,7-8,11H2,1-4H3/t12-,14+,18+/m0/s1. The van der Waals surface area contributed by atoms with Crippen LogP contribution in [0.5, 0.6) is 11.5 Å². The number of nitrogens with zero attached hydrogens (tertiary/aromatic N) is 1. The van der Waals surface area contributed by atoms with Crippen LogP contribution in [0, 0.1) is 5.92 Å². The molecule has 4 heteroatoms. The number of rotatable bonds is 3. The van der Waals surface area contributed by atoms with Crippen LogP contribution in [0.25, 0.3) is 0 Å². The molecule has 0 spiro atoms. The van der Waals surface area contributed by atoms with Gasteiger partial charge in [-0.25, -0.2) is 0 Å². The SMILES string of the molecule is COc1ccc([C@]23CCN(C)C2=C[C@@H](O)[C@@H](C)C3)cc1OC. The lowest BCUT2D eigenvalue weighted by molar-refractivity contribution is 0.125. The molecule has 1 N–H and O–H groups in total. The van der Waals surface area contributed by atoms with Gasteiger partial charge in [-0.05, 0) is 42.5 Å². The molecule has 120 valence electrons. The monoisotopic (exact) mass is 303 g/mol. The van der Waals surface area contributed by atoms with Crippen LogP contribution >= 0.6 is 0 Å². The van der Waals surface area contributed by atoms with Gasteiger partial charge < -0.3 is 19.5 Å². The van der Waals surface area contributed by atoms with E-state index in [4.69, 9.17) is 9.47 Å². The average molecular weight is 303 g/mol. The van der Waals surface area contributed by atoms with Crippen molar-refractivity contribution in [2.75, 3.05) is 27.8 Å². The van der Waals surface area contributed by atoms with Gasteiger partial charge in [-0.15, -0.1) is 0 Å². The summed E-state index contributed by atoms with van der Waals surface area (Å²) < 4.78 is 10.8. The highest BCUT2D eigenvalue weighted by Gasteiger charge is 2.47. The number of fused-ring (bicyclic) bond motifs is 1. The van der Waals surface area contributed by atoms with Crippen LogP contribution in [-0.4, -0.2) is 43.9 Å². The highest BCUT2D eigenvalue weighted by atomic mass is 16.5. The molecule has 22 heavy (non-hydrogen) atoms. The van der Waals surface area contributed by atoms with Gasteiger partial charge in [-0.3, -0.25) is 0 Å². The van der Waals surface area contributed by atoms with Crippen molar-refractivity contribution in [3.05, 3.63) is 35.5 Å². The Morgan fingerprint density at radius 1 is 1.23 bits per heavy atom. The maximum atomic E-state index is 10.2. The Kier molecular flexibility index (Phi) is 3.81. The summed E-state index contributed by atoms with van der Waals surface area (Å²) in [5.41, 5.74) is 2.47. The summed E-state index contributed by atoms with van der Waals surface area (Å²) in [4.78, 5) is 2.27. The number of benzene rings is 1. The van der Waals surface area contributed by atoms with E-state index < -0.39 is 0 Å². The molecule has 1 aliphatic heterocycles. The molecular weight excluding hydrogens is 278 g/mol. The summed E-state index contributed by atoms with van der Waals surface area (Å²) in [5, 5.41) is 10.2. The number of likely N-dealkylation sites (tertiary alicyclic amines) is 1. The van der Waals surface area contributed by atoms with Crippen molar-refractivity contribution in [2.45, 2.75) is 31.3 Å². The predicted molar refractivity (Wildman–Crippen MR) is 86.3 cm³/mol. The molecule has 0 bridgehead atoms. The molecule has 4 nitrogen and oxygen atoms in total. The second-order valence-electron chi connectivity index (χ2n) is 6.55. The summed E-state index contributed by atoms with van der Waals surface area (Å²) in [6, 6.07) is 6.21. The molecular formula is C18H25NO3. The summed E-state index contributed by atoms with van der Waals surface area (Å²) in [6.07, 6.45) is 3.71. The molecule has 0 radical (unpaired) electrons. The Bertz CT molecular complexity index is 598. The molecule has 1 saturated heterocycles. The van der Waals surface area contributed by atoms with Crippen LogP contribution in [0.2, 0.25) is 0 Å². The largest absolute Gasteiger partial charge is 0.493 e. The van der Waals surface area contributed by atoms with Gasteiger partial charge >= 0.3 is 0 Å². The normalized spacial score (nSPS) is 30.8. The first-order chi connectivity index (χ1) is 10.5. The molecule has 2 aliphatic rings. The van der Waals surface area contributed by atoms with E-state index in [2.05, 4.69) is 31.0 Å². The third-order valence-electron chi connectivity index (χ3n) is 5.29. The Labute approximate surface area is 132 Å². The number of aliphatic hydroxyl groups excluding tert-OH is 1. The Morgan fingerprint density at radius 2 is 1.95 bits per heavy atom. The number of hydrogen-bond donors (Lipinski definition) is 1. The van der Waals surface area contributed by atoms with Crippen LogP contribution in [0.15, 0.2) is 30.0 Å². The Morgan fingerprint density at radius 3 is 2.64 bits per heavy atom. The van der Waals surface area contributed by atoms with Gasteiger partial charge in [-0.2, -0.15) is 0 Å². The van der Waals surface area contributed by atoms with Crippen LogP contribution < -0.4 is 9.47 Å². The minimum absolute atomic E-state index is 0.0209. The van der Waals surface area contributed by atoms with E-state index >= 15 is 0 Å². The smallest absolute Gasteiger partial charge is 0.161 e. The Balaban J connectivity index is 2.10. The summed E-state index contributed by atoms with van der Waals surface area (Å²) in [5.74, 6) is 1.77. The first kappa shape index (κ1) is 15.2. The maximum Gasteiger partial charge on any atom is 0.161 e. The predicted octanol–water partition coefficient (Wildman–Crippen LogP) is 2.56. The number of aliphatic hydroxyl groups is 1. The molecule has 1 heterocycles. The average Bonchev–Trinajstić information content (AvgIpc) is 2.85. The van der Waals surface area contributed by atoms with Crippen LogP contribution in [0.3, 0.4) is 0 Å². The lowest BCUT2D eigenvalue weighted by atomic mass is 9.67. The maximum absolute atomic E-state index is 10.2. The van der Waals surface area contributed by atoms with Crippen molar-refractivity contribution in [1.82, 2.24) is 4.90 Å². The third kappa shape index (κ3) is 2.17. The van der Waals surface area contributed by atoms with Crippen molar-refractivity contribution in [2.24, 2.45) is 5.92 Å². The first-order valence-electron chi connectivity index (χ1n) is 7.86. The van der Waals surface area contributed by atoms with Gasteiger partial charge in [0.1, 0.15) is 0 Å². The highest BCUT2D eigenvalue weighted by molar-refractivity contribution is 5.49. The van der Waals surface area contributed by atoms with Crippen molar-refractivity contribution in [3.8, 4) is 11.5 Å². The van der Waals surface area contributed by atoms with Gasteiger partial charge in [0.25, 0.3) is 0 Å². The van der Waals surface area contributed by atoms with E-state index in [0.717, 1.165) is 30.9 Å². The van der Waals surface area contributed by atoms with Crippen LogP contribution in [-0.2, 0) is 5.41 Å². The van der Waals surface area contributed by atoms with Gasteiger partial charge in [0.2, 0.25) is 0 Å². The lowest BCUT2D eigenvalue weighted by Crippen LogP contribution is -2.38. The number of hydrogen-bond acceptors (Lipinski definition) is 4. The van der Waals surface area contributed by atoms with E-state index in [-0.39, 0.29) is 17.4 Å². The van der Waals surface area contributed by atoms with Gasteiger partial charge in [-0.1, -0.05) is 13.0 Å². The molecule has 0 saturated carbocycles. The number of allylic oxidation sites excluding steroid dienone is 1. The fraction of sp³-hybridized carbons (Fsp3) is 0.556. The van der Waals surface area contributed by atoms with Crippen LogP contribution in [0.1, 0.15) is 25.3 Å². The van der Waals surface area contributed by atoms with Gasteiger partial charge in [0, 0.05) is 24.7 Å². The zero-order valence-electron chi connectivity index (χ0n) is 13.8. The van der Waals surface area contributed by atoms with E-state index in [1.54, 1.807) is 14.2 Å². The number of likely N-dealkylation sites (N-methyl/N-ethyl adjacent to an activating group) is 1. The molecule has 0 unspecified atom stereocenters. The lowest BCUT2D eigenvalue weighted by Gasteiger charge is -2.40. The topological polar surface area (TPSA) is 41.9 Å². The minimum Gasteiger partial charge on any atom is -0.493 e. The van der Waals surface area contributed by atoms with Gasteiger partial charge in [0.05, 0.1) is 20.3 Å². The molecule has 0 aromatic heterocycles. The molecule has 3 rings (SSSR count). The quantitative estimate of drug-likeness (QED) is 0.932. The second-order valence-corrected chi connectivity index (χ2v) is 6.55. The van der Waals surface area contributed by atoms with Crippen molar-refractivity contribution >= 4 is 0 Å². The van der Waals surface area contributed by atoms with Gasteiger partial charge in [0.15, 0.2) is 11.5 Å². The third-order valence-corrected chi connectivity index (χ3v) is 5.29. The van der Waals surface area contributed by atoms with Crippen molar-refractivity contribution < 1.29 is 14.6 Å². The fourth-order valence-electron chi connectivity index (χ4n) is 4.01. The Hall–Kier alpha value is -1.68. The van der Waals surface area contributed by atoms with E-state index in [9.17, 15) is 5.11 Å². The van der Waals surface area contributed by atoms with E-state index in [0.29, 0.717) is 0 Å². The summed E-state index contributed by atoms with van der Waals surface area (Å²) in [7, 11) is 5.44. The highest BCUT2D eigenvalue weighted by Crippen LogP contribution is 2.51. The fourth-order valence-corrected chi connectivity index (χ4v) is 4.01. The van der Waals surface area contributed by atoms with Crippen LogP contribution in [0.4, 0.5) is 0 Å². The minimum atomic E-state index is -0.358. The summed E-state index contributed by atoms with van der Waals surface area (Å²) >= 11 is 0. The second kappa shape index (κ2) is 5.51. The molecule has 1 aromatic carbocycles. The van der Waals surface area contributed by atoms with E-state index in [1.807, 2.05) is 12.1 Å². The number of ether oxygens (including phenoxy) is 2. The zero-order valence-corrected chi connectivity index (χ0v) is 13.8. The number of methoxy groups -OCH3 is 2. The molecule has 1 aliphatic carbocycles. The first-order valence-corrected chi connectivity index (χ1v) is 7.86. The molecule has 3 atom stereocenters.